The SMILES string of the molecule is CNC.Cc1c[nH]c2ccccc12. The molecular weight excluding hydrogens is 160 g/mol. The maximum Gasteiger partial charge on any atom is 0.0456 e. The van der Waals surface area contributed by atoms with Crippen molar-refractivity contribution < 1.29 is 0 Å². The first-order valence-corrected chi connectivity index (χ1v) is 4.40. The van der Waals surface area contributed by atoms with E-state index in [0.29, 0.717) is 0 Å². The Balaban J connectivity index is 0.000000251. The van der Waals surface area contributed by atoms with Gasteiger partial charge in [0.05, 0.1) is 0 Å². The molecule has 0 aliphatic rings. The highest BCUT2D eigenvalue weighted by molar-refractivity contribution is 5.82. The van der Waals surface area contributed by atoms with Gasteiger partial charge >= 0.3 is 0 Å². The number of aryl methyl sites for hydroxylation is 1. The van der Waals surface area contributed by atoms with E-state index in [2.05, 4.69) is 35.4 Å². The highest BCUT2D eigenvalue weighted by Crippen LogP contribution is 2.15. The summed E-state index contributed by atoms with van der Waals surface area (Å²) in [5.41, 5.74) is 2.54. The van der Waals surface area contributed by atoms with E-state index in [1.165, 1.54) is 16.5 Å². The van der Waals surface area contributed by atoms with Crippen LogP contribution in [0.3, 0.4) is 0 Å². The van der Waals surface area contributed by atoms with Crippen LogP contribution in [0.5, 0.6) is 0 Å². The first-order chi connectivity index (χ1) is 6.29. The van der Waals surface area contributed by atoms with E-state index in [0.717, 1.165) is 0 Å². The Bertz CT molecular complexity index is 363. The van der Waals surface area contributed by atoms with Gasteiger partial charge in [0.15, 0.2) is 0 Å². The molecule has 2 nitrogen and oxygen atoms in total. The zero-order chi connectivity index (χ0) is 9.68. The fraction of sp³-hybridized carbons (Fsp3) is 0.273. The Hall–Kier alpha value is -1.28. The molecule has 0 aliphatic heterocycles. The normalized spacial score (nSPS) is 9.46. The van der Waals surface area contributed by atoms with Gasteiger partial charge in [-0.25, -0.2) is 0 Å². The molecule has 2 rings (SSSR count). The van der Waals surface area contributed by atoms with Crippen molar-refractivity contribution in [1.82, 2.24) is 10.3 Å². The number of fused-ring (bicyclic) bond motifs is 1. The third-order valence-corrected chi connectivity index (χ3v) is 1.80. The molecule has 1 heterocycles. The summed E-state index contributed by atoms with van der Waals surface area (Å²) in [6, 6.07) is 8.31. The van der Waals surface area contributed by atoms with Crippen LogP contribution in [0.4, 0.5) is 0 Å². The lowest BCUT2D eigenvalue weighted by Crippen LogP contribution is -1.89. The summed E-state index contributed by atoms with van der Waals surface area (Å²) < 4.78 is 0. The molecule has 0 radical (unpaired) electrons. The molecule has 0 amide bonds. The van der Waals surface area contributed by atoms with Gasteiger partial charge in [0.1, 0.15) is 0 Å². The van der Waals surface area contributed by atoms with Crippen molar-refractivity contribution in [2.45, 2.75) is 6.92 Å². The predicted octanol–water partition coefficient (Wildman–Crippen LogP) is 2.31. The summed E-state index contributed by atoms with van der Waals surface area (Å²) in [5.74, 6) is 0. The summed E-state index contributed by atoms with van der Waals surface area (Å²) in [6.45, 7) is 2.11. The summed E-state index contributed by atoms with van der Waals surface area (Å²) in [7, 11) is 3.75. The topological polar surface area (TPSA) is 27.8 Å². The van der Waals surface area contributed by atoms with Crippen molar-refractivity contribution in [3.8, 4) is 0 Å². The smallest absolute Gasteiger partial charge is 0.0456 e. The number of hydrogen-bond acceptors (Lipinski definition) is 1. The lowest BCUT2D eigenvalue weighted by atomic mass is 10.2. The quantitative estimate of drug-likeness (QED) is 0.633. The number of benzene rings is 1. The zero-order valence-corrected chi connectivity index (χ0v) is 8.39. The second kappa shape index (κ2) is 4.67. The van der Waals surface area contributed by atoms with Crippen LogP contribution in [0, 0.1) is 6.92 Å². The Labute approximate surface area is 79.0 Å². The summed E-state index contributed by atoms with van der Waals surface area (Å²) in [4.78, 5) is 3.19. The van der Waals surface area contributed by atoms with E-state index in [9.17, 15) is 0 Å². The Morgan fingerprint density at radius 3 is 2.38 bits per heavy atom. The first-order valence-electron chi connectivity index (χ1n) is 4.40. The fourth-order valence-corrected chi connectivity index (χ4v) is 1.22. The van der Waals surface area contributed by atoms with Crippen molar-refractivity contribution in [2.75, 3.05) is 14.1 Å². The van der Waals surface area contributed by atoms with Gasteiger partial charge in [0.2, 0.25) is 0 Å². The maximum absolute atomic E-state index is 3.19. The van der Waals surface area contributed by atoms with Crippen molar-refractivity contribution in [3.63, 3.8) is 0 Å². The lowest BCUT2D eigenvalue weighted by Gasteiger charge is -1.86. The second-order valence-electron chi connectivity index (χ2n) is 3.02. The van der Waals surface area contributed by atoms with Crippen LogP contribution in [0.2, 0.25) is 0 Å². The molecule has 2 aromatic rings. The van der Waals surface area contributed by atoms with Gasteiger partial charge in [-0.1, -0.05) is 18.2 Å². The van der Waals surface area contributed by atoms with Crippen molar-refractivity contribution in [3.05, 3.63) is 36.0 Å². The largest absolute Gasteiger partial charge is 0.361 e. The van der Waals surface area contributed by atoms with Crippen LogP contribution in [0.15, 0.2) is 30.5 Å². The van der Waals surface area contributed by atoms with Gasteiger partial charge < -0.3 is 10.3 Å². The molecular formula is C11H16N2. The average Bonchev–Trinajstić information content (AvgIpc) is 2.50. The average molecular weight is 176 g/mol. The number of rotatable bonds is 0. The molecule has 1 aromatic carbocycles. The number of aromatic nitrogens is 1. The molecule has 0 fully saturated rings. The van der Waals surface area contributed by atoms with Gasteiger partial charge in [-0.2, -0.15) is 0 Å². The van der Waals surface area contributed by atoms with Crippen molar-refractivity contribution >= 4 is 10.9 Å². The highest BCUT2D eigenvalue weighted by atomic mass is 14.7. The predicted molar refractivity (Wildman–Crippen MR) is 58.0 cm³/mol. The summed E-state index contributed by atoms with van der Waals surface area (Å²) in [6.07, 6.45) is 2.03. The minimum absolute atomic E-state index is 1.22. The van der Waals surface area contributed by atoms with Gasteiger partial charge in [-0.15, -0.1) is 0 Å². The number of H-pyrrole nitrogens is 1. The minimum atomic E-state index is 1.22. The molecule has 1 aromatic heterocycles. The van der Waals surface area contributed by atoms with E-state index in [1.807, 2.05) is 26.4 Å². The molecule has 2 heteroatoms. The molecule has 0 bridgehead atoms. The third kappa shape index (κ3) is 2.33. The minimum Gasteiger partial charge on any atom is -0.361 e. The molecule has 0 unspecified atom stereocenters. The summed E-state index contributed by atoms with van der Waals surface area (Å²) in [5, 5.41) is 4.07. The van der Waals surface area contributed by atoms with Crippen molar-refractivity contribution in [1.29, 1.82) is 0 Å². The first kappa shape index (κ1) is 9.81. The Morgan fingerprint density at radius 2 is 1.77 bits per heavy atom. The van der Waals surface area contributed by atoms with E-state index in [-0.39, 0.29) is 0 Å². The van der Waals surface area contributed by atoms with Gasteiger partial charge in [-0.05, 0) is 32.6 Å². The van der Waals surface area contributed by atoms with E-state index in [1.54, 1.807) is 0 Å². The van der Waals surface area contributed by atoms with Gasteiger partial charge in [0.25, 0.3) is 0 Å². The molecule has 2 N–H and O–H groups in total. The second-order valence-corrected chi connectivity index (χ2v) is 3.02. The Morgan fingerprint density at radius 1 is 1.15 bits per heavy atom. The van der Waals surface area contributed by atoms with E-state index >= 15 is 0 Å². The molecule has 0 spiro atoms. The molecule has 0 saturated heterocycles. The van der Waals surface area contributed by atoms with Gasteiger partial charge in [0, 0.05) is 17.1 Å². The van der Waals surface area contributed by atoms with E-state index in [4.69, 9.17) is 0 Å². The van der Waals surface area contributed by atoms with Crippen LogP contribution in [0.25, 0.3) is 10.9 Å². The van der Waals surface area contributed by atoms with Crippen LogP contribution in [-0.4, -0.2) is 19.1 Å². The van der Waals surface area contributed by atoms with Crippen molar-refractivity contribution in [2.24, 2.45) is 0 Å². The Kier molecular flexibility index (Phi) is 3.53. The molecule has 13 heavy (non-hydrogen) atoms. The van der Waals surface area contributed by atoms with Crippen LogP contribution < -0.4 is 5.32 Å². The molecule has 70 valence electrons. The number of para-hydroxylation sites is 1. The van der Waals surface area contributed by atoms with E-state index < -0.39 is 0 Å². The summed E-state index contributed by atoms with van der Waals surface area (Å²) >= 11 is 0. The highest BCUT2D eigenvalue weighted by Gasteiger charge is 1.94. The molecule has 0 saturated carbocycles. The maximum atomic E-state index is 3.19. The third-order valence-electron chi connectivity index (χ3n) is 1.80. The lowest BCUT2D eigenvalue weighted by molar-refractivity contribution is 1.02. The fourth-order valence-electron chi connectivity index (χ4n) is 1.22. The zero-order valence-electron chi connectivity index (χ0n) is 8.39. The molecule has 0 aliphatic carbocycles. The molecule has 0 atom stereocenters. The number of aromatic amines is 1. The van der Waals surface area contributed by atoms with Crippen LogP contribution >= 0.6 is 0 Å². The number of hydrogen-bond donors (Lipinski definition) is 2. The van der Waals surface area contributed by atoms with Crippen LogP contribution in [-0.2, 0) is 0 Å². The standard InChI is InChI=1S/C9H9N.C2H7N/c1-7-6-10-9-5-3-2-4-8(7)9;1-3-2/h2-6,10H,1H3;3H,1-2H3. The van der Waals surface area contributed by atoms with Crippen LogP contribution in [0.1, 0.15) is 5.56 Å². The number of nitrogens with one attached hydrogen (secondary N) is 2. The monoisotopic (exact) mass is 176 g/mol. The van der Waals surface area contributed by atoms with Gasteiger partial charge in [-0.3, -0.25) is 0 Å².